The highest BCUT2D eigenvalue weighted by Gasteiger charge is 2.30. The van der Waals surface area contributed by atoms with Crippen LogP contribution in [0.4, 0.5) is 0 Å². The lowest BCUT2D eigenvalue weighted by Gasteiger charge is -2.11. The van der Waals surface area contributed by atoms with Crippen LogP contribution in [0.15, 0.2) is 18.5 Å². The number of nitrogens with zero attached hydrogens (tertiary/aromatic N) is 1. The summed E-state index contributed by atoms with van der Waals surface area (Å²) in [7, 11) is 0. The quantitative estimate of drug-likeness (QED) is 0.830. The van der Waals surface area contributed by atoms with Crippen LogP contribution in [0.1, 0.15) is 24.4 Å². The molecule has 1 aliphatic carbocycles. The third-order valence-electron chi connectivity index (χ3n) is 2.29. The fraction of sp³-hybridized carbons (Fsp3) is 0.444. The van der Waals surface area contributed by atoms with Crippen molar-refractivity contribution in [3.8, 4) is 0 Å². The van der Waals surface area contributed by atoms with Crippen molar-refractivity contribution in [3.05, 3.63) is 29.0 Å². The zero-order valence-corrected chi connectivity index (χ0v) is 8.68. The number of aromatic nitrogens is 1. The van der Waals surface area contributed by atoms with Crippen molar-refractivity contribution in [1.29, 1.82) is 0 Å². The highest BCUT2D eigenvalue weighted by Crippen LogP contribution is 2.40. The van der Waals surface area contributed by atoms with Crippen molar-refractivity contribution in [1.82, 2.24) is 4.98 Å². The predicted molar refractivity (Wildman–Crippen MR) is 56.1 cm³/mol. The summed E-state index contributed by atoms with van der Waals surface area (Å²) < 4.78 is 0. The molecule has 0 amide bonds. The Balaban J connectivity index is 0.000000845. The SMILES string of the molecule is Cl.N[C@@H](c1ccncc1Cl)C1CC1. The molecule has 2 nitrogen and oxygen atoms in total. The fourth-order valence-corrected chi connectivity index (χ4v) is 1.61. The van der Waals surface area contributed by atoms with E-state index in [1.54, 1.807) is 12.4 Å². The topological polar surface area (TPSA) is 38.9 Å². The summed E-state index contributed by atoms with van der Waals surface area (Å²) in [4.78, 5) is 3.92. The zero-order valence-electron chi connectivity index (χ0n) is 7.11. The van der Waals surface area contributed by atoms with E-state index >= 15 is 0 Å². The summed E-state index contributed by atoms with van der Waals surface area (Å²) in [6.07, 6.45) is 5.86. The molecule has 0 aliphatic heterocycles. The van der Waals surface area contributed by atoms with Gasteiger partial charge >= 0.3 is 0 Å². The van der Waals surface area contributed by atoms with Gasteiger partial charge in [0.25, 0.3) is 0 Å². The van der Waals surface area contributed by atoms with Gasteiger partial charge in [-0.1, -0.05) is 11.6 Å². The molecule has 13 heavy (non-hydrogen) atoms. The van der Waals surface area contributed by atoms with Crippen LogP contribution in [0, 0.1) is 5.92 Å². The largest absolute Gasteiger partial charge is 0.324 e. The average molecular weight is 219 g/mol. The molecule has 2 rings (SSSR count). The number of halogens is 2. The Labute approximate surface area is 88.9 Å². The van der Waals surface area contributed by atoms with Crippen LogP contribution in [-0.2, 0) is 0 Å². The molecule has 0 spiro atoms. The van der Waals surface area contributed by atoms with Crippen LogP contribution in [0.25, 0.3) is 0 Å². The first-order valence-electron chi connectivity index (χ1n) is 4.14. The number of nitrogens with two attached hydrogens (primary N) is 1. The van der Waals surface area contributed by atoms with Crippen molar-refractivity contribution in [2.24, 2.45) is 11.7 Å². The fourth-order valence-electron chi connectivity index (χ4n) is 1.37. The van der Waals surface area contributed by atoms with Gasteiger partial charge in [-0.25, -0.2) is 0 Å². The average Bonchev–Trinajstić information content (AvgIpc) is 2.86. The van der Waals surface area contributed by atoms with Gasteiger partial charge in [-0.2, -0.15) is 0 Å². The van der Waals surface area contributed by atoms with Crippen LogP contribution in [-0.4, -0.2) is 4.98 Å². The molecule has 2 N–H and O–H groups in total. The van der Waals surface area contributed by atoms with Crippen LogP contribution < -0.4 is 5.73 Å². The number of hydrogen-bond acceptors (Lipinski definition) is 2. The lowest BCUT2D eigenvalue weighted by molar-refractivity contribution is 0.633. The van der Waals surface area contributed by atoms with Crippen molar-refractivity contribution in [3.63, 3.8) is 0 Å². The third-order valence-corrected chi connectivity index (χ3v) is 2.61. The number of hydrogen-bond donors (Lipinski definition) is 1. The van der Waals surface area contributed by atoms with Crippen LogP contribution >= 0.6 is 24.0 Å². The van der Waals surface area contributed by atoms with Gasteiger partial charge in [-0.3, -0.25) is 4.98 Å². The van der Waals surface area contributed by atoms with E-state index in [9.17, 15) is 0 Å². The molecule has 0 saturated heterocycles. The second-order valence-corrected chi connectivity index (χ2v) is 3.67. The molecule has 0 unspecified atom stereocenters. The van der Waals surface area contributed by atoms with Crippen LogP contribution in [0.5, 0.6) is 0 Å². The summed E-state index contributed by atoms with van der Waals surface area (Å²) >= 11 is 5.95. The van der Waals surface area contributed by atoms with Gasteiger partial charge in [-0.05, 0) is 30.4 Å². The number of rotatable bonds is 2. The maximum Gasteiger partial charge on any atom is 0.0637 e. The van der Waals surface area contributed by atoms with Gasteiger partial charge in [0, 0.05) is 18.4 Å². The van der Waals surface area contributed by atoms with Gasteiger partial charge in [0.05, 0.1) is 5.02 Å². The van der Waals surface area contributed by atoms with Gasteiger partial charge in [0.2, 0.25) is 0 Å². The molecule has 1 aromatic rings. The second kappa shape index (κ2) is 4.27. The molecule has 0 radical (unpaired) electrons. The molecule has 4 heteroatoms. The van der Waals surface area contributed by atoms with Crippen molar-refractivity contribution in [2.75, 3.05) is 0 Å². The Kier molecular flexibility index (Phi) is 3.54. The summed E-state index contributed by atoms with van der Waals surface area (Å²) in [6, 6.07) is 2.02. The third kappa shape index (κ3) is 2.33. The summed E-state index contributed by atoms with van der Waals surface area (Å²) in [6.45, 7) is 0. The minimum absolute atomic E-state index is 0. The van der Waals surface area contributed by atoms with E-state index in [-0.39, 0.29) is 18.4 Å². The zero-order chi connectivity index (χ0) is 8.55. The van der Waals surface area contributed by atoms with E-state index in [4.69, 9.17) is 17.3 Å². The monoisotopic (exact) mass is 218 g/mol. The molecule has 1 saturated carbocycles. The van der Waals surface area contributed by atoms with Gasteiger partial charge in [0.15, 0.2) is 0 Å². The van der Waals surface area contributed by atoms with E-state index < -0.39 is 0 Å². The van der Waals surface area contributed by atoms with Crippen molar-refractivity contribution in [2.45, 2.75) is 18.9 Å². The predicted octanol–water partition coefficient (Wildman–Crippen LogP) is 2.57. The van der Waals surface area contributed by atoms with Gasteiger partial charge < -0.3 is 5.73 Å². The normalized spacial score (nSPS) is 17.7. The summed E-state index contributed by atoms with van der Waals surface area (Å²) in [5, 5.41) is 0.692. The summed E-state index contributed by atoms with van der Waals surface area (Å²) in [5.74, 6) is 0.643. The lowest BCUT2D eigenvalue weighted by Crippen LogP contribution is -2.12. The maximum atomic E-state index is 5.99. The molecule has 1 aromatic heterocycles. The minimum Gasteiger partial charge on any atom is -0.324 e. The lowest BCUT2D eigenvalue weighted by atomic mass is 10.1. The Bertz CT molecular complexity index is 287. The smallest absolute Gasteiger partial charge is 0.0637 e. The molecule has 1 heterocycles. The molecule has 1 fully saturated rings. The number of pyridine rings is 1. The van der Waals surface area contributed by atoms with Crippen molar-refractivity contribution >= 4 is 24.0 Å². The molecule has 1 atom stereocenters. The molecular weight excluding hydrogens is 207 g/mol. The van der Waals surface area contributed by atoms with Crippen LogP contribution in [0.2, 0.25) is 5.02 Å². The Morgan fingerprint density at radius 2 is 2.23 bits per heavy atom. The van der Waals surface area contributed by atoms with E-state index in [1.165, 1.54) is 12.8 Å². The first kappa shape index (κ1) is 10.8. The van der Waals surface area contributed by atoms with E-state index in [0.29, 0.717) is 10.9 Å². The molecular formula is C9H12Cl2N2. The van der Waals surface area contributed by atoms with Gasteiger partial charge in [-0.15, -0.1) is 12.4 Å². The van der Waals surface area contributed by atoms with E-state index in [1.807, 2.05) is 6.07 Å². The Morgan fingerprint density at radius 3 is 2.77 bits per heavy atom. The first-order chi connectivity index (χ1) is 5.79. The van der Waals surface area contributed by atoms with Crippen molar-refractivity contribution < 1.29 is 0 Å². The highest BCUT2D eigenvalue weighted by molar-refractivity contribution is 6.31. The van der Waals surface area contributed by atoms with Gasteiger partial charge in [0.1, 0.15) is 0 Å². The molecule has 1 aliphatic rings. The maximum absolute atomic E-state index is 5.99. The summed E-state index contributed by atoms with van der Waals surface area (Å²) in [5.41, 5.74) is 7.03. The second-order valence-electron chi connectivity index (χ2n) is 3.26. The minimum atomic E-state index is 0. The molecule has 72 valence electrons. The molecule has 0 bridgehead atoms. The van der Waals surface area contributed by atoms with Crippen LogP contribution in [0.3, 0.4) is 0 Å². The first-order valence-corrected chi connectivity index (χ1v) is 4.52. The Hall–Kier alpha value is -0.310. The van der Waals surface area contributed by atoms with E-state index in [0.717, 1.165) is 5.56 Å². The highest BCUT2D eigenvalue weighted by atomic mass is 35.5. The molecule has 0 aromatic carbocycles. The Morgan fingerprint density at radius 1 is 1.54 bits per heavy atom. The standard InChI is InChI=1S/C9H11ClN2.ClH/c10-8-5-12-4-3-7(8)9(11)6-1-2-6;/h3-6,9H,1-2,11H2;1H/t9-;/m1./s1. The van der Waals surface area contributed by atoms with E-state index in [2.05, 4.69) is 4.98 Å².